The van der Waals surface area contributed by atoms with Crippen LogP contribution in [0.2, 0.25) is 5.28 Å². The van der Waals surface area contributed by atoms with Crippen LogP contribution in [-0.2, 0) is 9.59 Å². The summed E-state index contributed by atoms with van der Waals surface area (Å²) in [6.07, 6.45) is 5.63. The lowest BCUT2D eigenvalue weighted by Crippen LogP contribution is -2.36. The molecule has 0 bridgehead atoms. The number of likely N-dealkylation sites (tertiary alicyclic amines) is 1. The Balaban J connectivity index is 0.000000242. The van der Waals surface area contributed by atoms with Crippen LogP contribution in [0.25, 0.3) is 11.2 Å². The van der Waals surface area contributed by atoms with E-state index in [1.54, 1.807) is 13.8 Å². The fourth-order valence-electron chi connectivity index (χ4n) is 2.97. The summed E-state index contributed by atoms with van der Waals surface area (Å²) in [5.41, 5.74) is 0.583. The van der Waals surface area contributed by atoms with Gasteiger partial charge in [-0.2, -0.15) is 4.98 Å². The molecule has 0 spiro atoms. The van der Waals surface area contributed by atoms with Crippen molar-refractivity contribution in [1.82, 2.24) is 24.4 Å². The summed E-state index contributed by atoms with van der Waals surface area (Å²) in [6.45, 7) is 7.74. The Morgan fingerprint density at radius 1 is 1.29 bits per heavy atom. The summed E-state index contributed by atoms with van der Waals surface area (Å²) < 4.78 is 1.47. The average molecular weight is 408 g/mol. The van der Waals surface area contributed by atoms with Crippen LogP contribution in [0.4, 0.5) is 0 Å². The van der Waals surface area contributed by atoms with Gasteiger partial charge in [-0.1, -0.05) is 20.8 Å². The van der Waals surface area contributed by atoms with Crippen molar-refractivity contribution in [3.8, 4) is 0 Å². The molecule has 1 fully saturated rings. The number of ketones is 2. The first-order valence-electron chi connectivity index (χ1n) is 9.24. The zero-order chi connectivity index (χ0) is 21.1. The van der Waals surface area contributed by atoms with Crippen molar-refractivity contribution in [3.63, 3.8) is 0 Å². The Bertz CT molecular complexity index is 893. The van der Waals surface area contributed by atoms with Gasteiger partial charge in [0, 0.05) is 12.3 Å². The second-order valence-electron chi connectivity index (χ2n) is 7.56. The van der Waals surface area contributed by atoms with E-state index in [9.17, 15) is 14.4 Å². The topological polar surface area (TPSA) is 98.1 Å². The zero-order valence-electron chi connectivity index (χ0n) is 16.9. The minimum Gasteiger partial charge on any atom is -0.295 e. The van der Waals surface area contributed by atoms with Crippen LogP contribution >= 0.6 is 11.6 Å². The second kappa shape index (κ2) is 8.87. The molecule has 28 heavy (non-hydrogen) atoms. The van der Waals surface area contributed by atoms with E-state index in [0.717, 1.165) is 19.4 Å². The fourth-order valence-corrected chi connectivity index (χ4v) is 3.10. The smallest absolute Gasteiger partial charge is 0.250 e. The normalized spacial score (nSPS) is 17.3. The number of imidazole rings is 1. The van der Waals surface area contributed by atoms with Gasteiger partial charge in [0.25, 0.3) is 5.91 Å². The fraction of sp³-hybridized carbons (Fsp3) is 0.579. The van der Waals surface area contributed by atoms with Crippen molar-refractivity contribution in [2.24, 2.45) is 5.41 Å². The molecule has 0 amide bonds. The van der Waals surface area contributed by atoms with Gasteiger partial charge in [-0.25, -0.2) is 9.97 Å². The number of rotatable bonds is 4. The van der Waals surface area contributed by atoms with Crippen LogP contribution in [-0.4, -0.2) is 61.5 Å². The molecule has 0 saturated carbocycles. The predicted octanol–water partition coefficient (Wildman–Crippen LogP) is 2.79. The maximum absolute atomic E-state index is 12.4. The Morgan fingerprint density at radius 3 is 2.46 bits per heavy atom. The molecule has 1 aliphatic rings. The third-order valence-corrected chi connectivity index (χ3v) is 5.30. The van der Waals surface area contributed by atoms with Gasteiger partial charge in [-0.15, -0.1) is 0 Å². The van der Waals surface area contributed by atoms with E-state index in [1.807, 2.05) is 14.0 Å². The quantitative estimate of drug-likeness (QED) is 0.567. The van der Waals surface area contributed by atoms with Crippen molar-refractivity contribution in [3.05, 3.63) is 17.8 Å². The number of aromatic nitrogens is 4. The number of hydrogen-bond donors (Lipinski definition) is 0. The summed E-state index contributed by atoms with van der Waals surface area (Å²) in [7, 11) is 1.96. The first kappa shape index (κ1) is 22.1. The van der Waals surface area contributed by atoms with Crippen LogP contribution in [0.15, 0.2) is 12.5 Å². The van der Waals surface area contributed by atoms with E-state index in [2.05, 4.69) is 19.9 Å². The van der Waals surface area contributed by atoms with Crippen LogP contribution in [0, 0.1) is 5.41 Å². The first-order chi connectivity index (χ1) is 13.1. The van der Waals surface area contributed by atoms with E-state index in [1.165, 1.54) is 24.0 Å². The Morgan fingerprint density at radius 2 is 1.96 bits per heavy atom. The molecule has 1 aliphatic heterocycles. The van der Waals surface area contributed by atoms with Crippen molar-refractivity contribution in [2.45, 2.75) is 53.0 Å². The maximum Gasteiger partial charge on any atom is 0.250 e. The third-order valence-electron chi connectivity index (χ3n) is 5.12. The standard InChI is InChI=1S/C11H12ClN5O.C8H14O2/c1-16-4-2-3-8(16)10(18)17-6-14-7-5-13-11(12)15-9(7)17;1-5-8(3,4)7(10)6(2)9/h5-6,8H,2-4H2,1H3;5H2,1-4H3. The number of carbonyl (C=O) groups excluding carboxylic acids is 3. The molecule has 3 heterocycles. The second-order valence-corrected chi connectivity index (χ2v) is 7.90. The molecule has 0 N–H and O–H groups in total. The molecule has 0 aliphatic carbocycles. The predicted molar refractivity (Wildman–Crippen MR) is 106 cm³/mol. The van der Waals surface area contributed by atoms with Crippen LogP contribution in [0.5, 0.6) is 0 Å². The van der Waals surface area contributed by atoms with Gasteiger partial charge in [0.15, 0.2) is 11.4 Å². The lowest BCUT2D eigenvalue weighted by molar-refractivity contribution is -0.140. The van der Waals surface area contributed by atoms with Crippen molar-refractivity contribution in [2.75, 3.05) is 13.6 Å². The van der Waals surface area contributed by atoms with E-state index in [-0.39, 0.29) is 28.8 Å². The highest BCUT2D eigenvalue weighted by Crippen LogP contribution is 2.21. The Labute approximate surface area is 169 Å². The largest absolute Gasteiger partial charge is 0.295 e. The number of fused-ring (bicyclic) bond motifs is 1. The molecule has 2 aromatic rings. The van der Waals surface area contributed by atoms with E-state index >= 15 is 0 Å². The molecule has 1 saturated heterocycles. The molecule has 8 nitrogen and oxygen atoms in total. The van der Waals surface area contributed by atoms with Gasteiger partial charge < -0.3 is 0 Å². The Kier molecular flexibility index (Phi) is 7.01. The molecule has 9 heteroatoms. The number of Topliss-reactive ketones (excluding diaryl/α,β-unsaturated/α-hetero) is 2. The van der Waals surface area contributed by atoms with Crippen molar-refractivity contribution < 1.29 is 14.4 Å². The number of hydrogen-bond acceptors (Lipinski definition) is 7. The van der Waals surface area contributed by atoms with Gasteiger partial charge in [-0.3, -0.25) is 23.9 Å². The highest BCUT2D eigenvalue weighted by atomic mass is 35.5. The lowest BCUT2D eigenvalue weighted by atomic mass is 9.84. The summed E-state index contributed by atoms with van der Waals surface area (Å²) in [5, 5.41) is 0.122. The summed E-state index contributed by atoms with van der Waals surface area (Å²) in [5.74, 6) is -0.617. The number of halogens is 1. The number of carbonyl (C=O) groups is 3. The molecule has 0 radical (unpaired) electrons. The molecular formula is C19H26ClN5O3. The molecule has 0 aromatic carbocycles. The minimum atomic E-state index is -0.466. The van der Waals surface area contributed by atoms with Gasteiger partial charge in [0.2, 0.25) is 11.1 Å². The zero-order valence-corrected chi connectivity index (χ0v) is 17.7. The van der Waals surface area contributed by atoms with Crippen molar-refractivity contribution >= 4 is 40.2 Å². The van der Waals surface area contributed by atoms with Gasteiger partial charge in [0.05, 0.1) is 12.2 Å². The average Bonchev–Trinajstić information content (AvgIpc) is 3.26. The first-order valence-corrected chi connectivity index (χ1v) is 9.61. The molecular weight excluding hydrogens is 382 g/mol. The number of nitrogens with zero attached hydrogens (tertiary/aromatic N) is 5. The maximum atomic E-state index is 12.4. The summed E-state index contributed by atoms with van der Waals surface area (Å²) >= 11 is 5.76. The minimum absolute atomic E-state index is 0.00716. The highest BCUT2D eigenvalue weighted by molar-refractivity contribution is 6.38. The van der Waals surface area contributed by atoms with E-state index < -0.39 is 5.41 Å². The van der Waals surface area contributed by atoms with E-state index in [4.69, 9.17) is 11.6 Å². The molecule has 2 aromatic heterocycles. The van der Waals surface area contributed by atoms with Gasteiger partial charge in [0.1, 0.15) is 11.8 Å². The van der Waals surface area contributed by atoms with Crippen LogP contribution < -0.4 is 0 Å². The van der Waals surface area contributed by atoms with Crippen LogP contribution in [0.3, 0.4) is 0 Å². The molecule has 3 rings (SSSR count). The van der Waals surface area contributed by atoms with E-state index in [0.29, 0.717) is 17.6 Å². The summed E-state index contributed by atoms with van der Waals surface area (Å²) in [4.78, 5) is 48.2. The van der Waals surface area contributed by atoms with Crippen LogP contribution in [0.1, 0.15) is 51.8 Å². The van der Waals surface area contributed by atoms with Crippen molar-refractivity contribution in [1.29, 1.82) is 0 Å². The molecule has 152 valence electrons. The Hall–Kier alpha value is -2.19. The molecule has 1 atom stereocenters. The lowest BCUT2D eigenvalue weighted by Gasteiger charge is -2.18. The third kappa shape index (κ3) is 4.80. The SMILES string of the molecule is CCC(C)(C)C(=O)C(C)=O.CN1CCCC1C(=O)n1cnc2cnc(Cl)nc21. The highest BCUT2D eigenvalue weighted by Gasteiger charge is 2.30. The summed E-state index contributed by atoms with van der Waals surface area (Å²) in [6, 6.07) is -0.101. The van der Waals surface area contributed by atoms with Gasteiger partial charge in [-0.05, 0) is 44.5 Å². The monoisotopic (exact) mass is 407 g/mol. The molecule has 1 unspecified atom stereocenters. The number of likely N-dealkylation sites (N-methyl/N-ethyl adjacent to an activating group) is 1. The van der Waals surface area contributed by atoms with Gasteiger partial charge >= 0.3 is 0 Å².